The highest BCUT2D eigenvalue weighted by atomic mass is 19.3. The van der Waals surface area contributed by atoms with Gasteiger partial charge in [-0.25, -0.2) is 18.4 Å². The van der Waals surface area contributed by atoms with Gasteiger partial charge in [0.1, 0.15) is 11.4 Å². The van der Waals surface area contributed by atoms with Crippen LogP contribution in [0.2, 0.25) is 0 Å². The second-order valence-corrected chi connectivity index (χ2v) is 11.1. The number of hydrogen-bond donors (Lipinski definition) is 0. The van der Waals surface area contributed by atoms with Gasteiger partial charge in [-0.2, -0.15) is 0 Å². The molecular weight excluding hydrogens is 520 g/mol. The Labute approximate surface area is 233 Å². The smallest absolute Gasteiger partial charge is 0.419 e. The fraction of sp³-hybridized carbons (Fsp3) is 0.467. The van der Waals surface area contributed by atoms with E-state index in [1.54, 1.807) is 30.3 Å². The summed E-state index contributed by atoms with van der Waals surface area (Å²) in [5.41, 5.74) is 3.17. The van der Waals surface area contributed by atoms with Crippen LogP contribution in [0.25, 0.3) is 10.9 Å². The second-order valence-electron chi connectivity index (χ2n) is 11.1. The standard InChI is InChI=1S/C30H37F2N3O5/c1-19-15-25(38-5)23(22-11-12-35(27(19)22)29(37)40-30(2,3)4)16-34-14-13-33(18-26(31)32)17-24(34)20-7-9-21(10-8-20)28(36)39-6/h7-12,15,24,26H,13-14,16-18H2,1-6H3/t24-/m1/s1. The third kappa shape index (κ3) is 6.45. The highest BCUT2D eigenvalue weighted by molar-refractivity contribution is 5.95. The number of fused-ring (bicyclic) bond motifs is 1. The zero-order valence-electron chi connectivity index (χ0n) is 23.9. The van der Waals surface area contributed by atoms with Crippen LogP contribution in [0.15, 0.2) is 42.6 Å². The fourth-order valence-corrected chi connectivity index (χ4v) is 5.28. The molecule has 0 spiro atoms. The Kier molecular flexibility index (Phi) is 8.80. The van der Waals surface area contributed by atoms with Gasteiger partial charge < -0.3 is 14.2 Å². The van der Waals surface area contributed by atoms with Crippen molar-refractivity contribution in [1.29, 1.82) is 0 Å². The van der Waals surface area contributed by atoms with Gasteiger partial charge in [-0.3, -0.25) is 14.4 Å². The lowest BCUT2D eigenvalue weighted by molar-refractivity contribution is 0.0245. The minimum Gasteiger partial charge on any atom is -0.496 e. The first kappa shape index (κ1) is 29.5. The van der Waals surface area contributed by atoms with Crippen LogP contribution in [0.3, 0.4) is 0 Å². The minimum atomic E-state index is -2.43. The first-order valence-corrected chi connectivity index (χ1v) is 13.3. The van der Waals surface area contributed by atoms with Crippen molar-refractivity contribution in [1.82, 2.24) is 14.4 Å². The number of piperazine rings is 1. The largest absolute Gasteiger partial charge is 0.496 e. The molecule has 0 saturated carbocycles. The molecule has 1 atom stereocenters. The Bertz CT molecular complexity index is 1360. The van der Waals surface area contributed by atoms with Crippen molar-refractivity contribution in [3.05, 3.63) is 64.8 Å². The molecule has 1 aliphatic rings. The molecule has 0 radical (unpaired) electrons. The molecule has 1 aromatic heterocycles. The van der Waals surface area contributed by atoms with Gasteiger partial charge in [0.05, 0.1) is 31.8 Å². The molecule has 40 heavy (non-hydrogen) atoms. The average Bonchev–Trinajstić information content (AvgIpc) is 3.35. The van der Waals surface area contributed by atoms with Crippen molar-refractivity contribution in [3.8, 4) is 5.75 Å². The van der Waals surface area contributed by atoms with Crippen LogP contribution in [-0.2, 0) is 16.0 Å². The van der Waals surface area contributed by atoms with Crippen molar-refractivity contribution in [2.45, 2.75) is 52.3 Å². The van der Waals surface area contributed by atoms with Gasteiger partial charge in [0, 0.05) is 49.4 Å². The van der Waals surface area contributed by atoms with Gasteiger partial charge in [-0.15, -0.1) is 0 Å². The molecule has 4 rings (SSSR count). The number of aryl methyl sites for hydroxylation is 1. The quantitative estimate of drug-likeness (QED) is 0.348. The molecule has 1 saturated heterocycles. The predicted molar refractivity (Wildman–Crippen MR) is 148 cm³/mol. The van der Waals surface area contributed by atoms with Crippen LogP contribution in [0.1, 0.15) is 53.9 Å². The first-order chi connectivity index (χ1) is 18.9. The van der Waals surface area contributed by atoms with E-state index in [0.29, 0.717) is 37.5 Å². The maximum absolute atomic E-state index is 13.3. The van der Waals surface area contributed by atoms with Crippen LogP contribution >= 0.6 is 0 Å². The van der Waals surface area contributed by atoms with E-state index in [0.717, 1.165) is 27.6 Å². The molecule has 0 amide bonds. The van der Waals surface area contributed by atoms with E-state index in [4.69, 9.17) is 14.2 Å². The minimum absolute atomic E-state index is 0.215. The Balaban J connectivity index is 1.72. The van der Waals surface area contributed by atoms with Crippen molar-refractivity contribution in [2.24, 2.45) is 0 Å². The van der Waals surface area contributed by atoms with Crippen LogP contribution in [0.5, 0.6) is 5.75 Å². The maximum Gasteiger partial charge on any atom is 0.419 e. The third-order valence-corrected chi connectivity index (χ3v) is 7.09. The molecule has 8 nitrogen and oxygen atoms in total. The summed E-state index contributed by atoms with van der Waals surface area (Å²) in [7, 11) is 2.94. The number of hydrogen-bond acceptors (Lipinski definition) is 7. The molecule has 0 N–H and O–H groups in total. The van der Waals surface area contributed by atoms with Crippen LogP contribution in [-0.4, -0.2) is 78.9 Å². The first-order valence-electron chi connectivity index (χ1n) is 13.3. The highest BCUT2D eigenvalue weighted by Crippen LogP contribution is 2.36. The Morgan fingerprint density at radius 1 is 1.07 bits per heavy atom. The number of benzene rings is 2. The molecule has 2 aromatic carbocycles. The molecule has 0 bridgehead atoms. The van der Waals surface area contributed by atoms with E-state index in [9.17, 15) is 18.4 Å². The number of rotatable bonds is 7. The summed E-state index contributed by atoms with van der Waals surface area (Å²) >= 11 is 0. The topological polar surface area (TPSA) is 73.2 Å². The fourth-order valence-electron chi connectivity index (χ4n) is 5.28. The van der Waals surface area contributed by atoms with Gasteiger partial charge >= 0.3 is 12.1 Å². The lowest BCUT2D eigenvalue weighted by atomic mass is 9.98. The summed E-state index contributed by atoms with van der Waals surface area (Å²) in [6.07, 6.45) is -1.19. The van der Waals surface area contributed by atoms with E-state index in [2.05, 4.69) is 4.90 Å². The summed E-state index contributed by atoms with van der Waals surface area (Å²) in [5, 5.41) is 0.859. The zero-order chi connectivity index (χ0) is 29.2. The summed E-state index contributed by atoms with van der Waals surface area (Å²) in [5.74, 6) is 0.245. The Morgan fingerprint density at radius 3 is 2.38 bits per heavy atom. The third-order valence-electron chi connectivity index (χ3n) is 7.09. The molecule has 2 heterocycles. The van der Waals surface area contributed by atoms with Crippen LogP contribution < -0.4 is 4.74 Å². The second kappa shape index (κ2) is 11.9. The lowest BCUT2D eigenvalue weighted by Crippen LogP contribution is -2.49. The van der Waals surface area contributed by atoms with E-state index in [1.807, 2.05) is 52.0 Å². The summed E-state index contributed by atoms with van der Waals surface area (Å²) in [6.45, 7) is 8.98. The zero-order valence-corrected chi connectivity index (χ0v) is 23.9. The van der Waals surface area contributed by atoms with Gasteiger partial charge in [0.2, 0.25) is 0 Å². The number of alkyl halides is 2. The van der Waals surface area contributed by atoms with Gasteiger partial charge in [-0.05, 0) is 63.1 Å². The van der Waals surface area contributed by atoms with E-state index in [1.165, 1.54) is 11.7 Å². The molecule has 0 unspecified atom stereocenters. The van der Waals surface area contributed by atoms with E-state index >= 15 is 0 Å². The van der Waals surface area contributed by atoms with Crippen molar-refractivity contribution < 1.29 is 32.6 Å². The van der Waals surface area contributed by atoms with Crippen LogP contribution in [0.4, 0.5) is 13.6 Å². The molecule has 0 aliphatic carbocycles. The number of halogens is 2. The molecule has 216 valence electrons. The van der Waals surface area contributed by atoms with Gasteiger partial charge in [-0.1, -0.05) is 12.1 Å². The monoisotopic (exact) mass is 557 g/mol. The van der Waals surface area contributed by atoms with Crippen molar-refractivity contribution in [3.63, 3.8) is 0 Å². The number of aromatic nitrogens is 1. The average molecular weight is 558 g/mol. The van der Waals surface area contributed by atoms with Crippen molar-refractivity contribution >= 4 is 23.0 Å². The number of ether oxygens (including phenoxy) is 3. The van der Waals surface area contributed by atoms with E-state index in [-0.39, 0.29) is 12.6 Å². The normalized spacial score (nSPS) is 16.9. The van der Waals surface area contributed by atoms with Gasteiger partial charge in [0.25, 0.3) is 6.43 Å². The lowest BCUT2D eigenvalue weighted by Gasteiger charge is -2.42. The number of methoxy groups -OCH3 is 2. The number of nitrogens with zero attached hydrogens (tertiary/aromatic N) is 3. The molecule has 1 fully saturated rings. The van der Waals surface area contributed by atoms with Gasteiger partial charge in [0.15, 0.2) is 0 Å². The number of esters is 1. The number of carbonyl (C=O) groups excluding carboxylic acids is 2. The Morgan fingerprint density at radius 2 is 1.77 bits per heavy atom. The van der Waals surface area contributed by atoms with Crippen molar-refractivity contribution in [2.75, 3.05) is 40.4 Å². The Hall–Kier alpha value is -3.50. The predicted octanol–water partition coefficient (Wildman–Crippen LogP) is 5.65. The molecule has 1 aliphatic heterocycles. The SMILES string of the molecule is COC(=O)c1ccc([C@H]2CN(CC(F)F)CCN2Cc2c(OC)cc(C)c3c2ccn3C(=O)OC(C)(C)C)cc1. The summed E-state index contributed by atoms with van der Waals surface area (Å²) in [4.78, 5) is 29.0. The highest BCUT2D eigenvalue weighted by Gasteiger charge is 2.31. The summed E-state index contributed by atoms with van der Waals surface area (Å²) in [6, 6.07) is 10.7. The maximum atomic E-state index is 13.3. The molecule has 10 heteroatoms. The molecular formula is C30H37F2N3O5. The molecule has 3 aromatic rings. The van der Waals surface area contributed by atoms with E-state index < -0.39 is 24.1 Å². The summed E-state index contributed by atoms with van der Waals surface area (Å²) < 4.78 is 44.3. The number of carbonyl (C=O) groups is 2. The van der Waals surface area contributed by atoms with Crippen LogP contribution in [0, 0.1) is 6.92 Å².